The number of nitro groups is 1. The molecule has 0 unspecified atom stereocenters. The van der Waals surface area contributed by atoms with Gasteiger partial charge in [-0.2, -0.15) is 0 Å². The van der Waals surface area contributed by atoms with E-state index in [-0.39, 0.29) is 11.6 Å². The third kappa shape index (κ3) is 4.61. The van der Waals surface area contributed by atoms with E-state index in [0.29, 0.717) is 11.6 Å². The van der Waals surface area contributed by atoms with Crippen LogP contribution in [0.15, 0.2) is 36.4 Å². The van der Waals surface area contributed by atoms with E-state index in [1.165, 1.54) is 17.0 Å². The highest BCUT2D eigenvalue weighted by molar-refractivity contribution is 6.33. The van der Waals surface area contributed by atoms with Gasteiger partial charge in [-0.05, 0) is 31.0 Å². The van der Waals surface area contributed by atoms with Crippen LogP contribution in [0.25, 0.3) is 0 Å². The zero-order valence-corrected chi connectivity index (χ0v) is 16.8. The fraction of sp³-hybridized carbons (Fsp3) is 0.350. The number of carbonyl (C=O) groups is 1. The number of nitrogens with one attached hydrogen (secondary N) is 2. The summed E-state index contributed by atoms with van der Waals surface area (Å²) in [5.41, 5.74) is 3.79. The lowest BCUT2D eigenvalue weighted by Gasteiger charge is -2.33. The number of anilines is 2. The summed E-state index contributed by atoms with van der Waals surface area (Å²) in [4.78, 5) is 26.2. The molecule has 2 aromatic carbocycles. The highest BCUT2D eigenvalue weighted by Gasteiger charge is 2.24. The van der Waals surface area contributed by atoms with Crippen molar-refractivity contribution in [2.45, 2.75) is 13.8 Å². The fourth-order valence-corrected chi connectivity index (χ4v) is 3.82. The Labute approximate surface area is 169 Å². The molecule has 1 amide bonds. The average Bonchev–Trinajstić information content (AvgIpc) is 2.65. The summed E-state index contributed by atoms with van der Waals surface area (Å²) in [6.45, 7) is 7.47. The van der Waals surface area contributed by atoms with Crippen molar-refractivity contribution in [1.29, 1.82) is 0 Å². The first-order valence-corrected chi connectivity index (χ1v) is 9.61. The zero-order valence-electron chi connectivity index (χ0n) is 16.0. The Bertz CT molecular complexity index is 875. The molecule has 0 aromatic heterocycles. The van der Waals surface area contributed by atoms with Gasteiger partial charge in [0, 0.05) is 17.8 Å². The Morgan fingerprint density at radius 2 is 1.86 bits per heavy atom. The molecule has 1 aliphatic heterocycles. The maximum atomic E-state index is 12.5. The minimum Gasteiger partial charge on any atom is -0.359 e. The molecule has 2 N–H and O–H groups in total. The smallest absolute Gasteiger partial charge is 0.279 e. The molecule has 0 aliphatic carbocycles. The molecule has 7 nitrogen and oxygen atoms in total. The van der Waals surface area contributed by atoms with E-state index >= 15 is 0 Å². The highest BCUT2D eigenvalue weighted by Crippen LogP contribution is 2.29. The molecule has 148 valence electrons. The summed E-state index contributed by atoms with van der Waals surface area (Å²) in [5.74, 6) is 0.00854. The van der Waals surface area contributed by atoms with Crippen LogP contribution in [0.3, 0.4) is 0 Å². The Morgan fingerprint density at radius 3 is 2.43 bits per heavy atom. The van der Waals surface area contributed by atoms with E-state index in [2.05, 4.69) is 10.2 Å². The first-order chi connectivity index (χ1) is 13.3. The van der Waals surface area contributed by atoms with Gasteiger partial charge in [-0.15, -0.1) is 0 Å². The van der Waals surface area contributed by atoms with Crippen LogP contribution >= 0.6 is 11.6 Å². The molecular formula is C20H24ClN4O3+. The van der Waals surface area contributed by atoms with Gasteiger partial charge in [0.25, 0.3) is 11.6 Å². The number of benzene rings is 2. The molecule has 2 aromatic rings. The number of non-ortho nitro benzene ring substituents is 1. The summed E-state index contributed by atoms with van der Waals surface area (Å²) in [5, 5.41) is 14.3. The second-order valence-electron chi connectivity index (χ2n) is 7.12. The fourth-order valence-electron chi connectivity index (χ4n) is 3.53. The monoisotopic (exact) mass is 403 g/mol. The van der Waals surface area contributed by atoms with Gasteiger partial charge in [-0.25, -0.2) is 0 Å². The predicted octanol–water partition coefficient (Wildman–Crippen LogP) is 2.21. The quantitative estimate of drug-likeness (QED) is 0.592. The van der Waals surface area contributed by atoms with E-state index in [4.69, 9.17) is 11.6 Å². The Balaban J connectivity index is 1.55. The Hall–Kier alpha value is -2.64. The van der Waals surface area contributed by atoms with Gasteiger partial charge >= 0.3 is 0 Å². The molecule has 1 fully saturated rings. The topological polar surface area (TPSA) is 79.9 Å². The summed E-state index contributed by atoms with van der Waals surface area (Å²) in [6.07, 6.45) is 0. The molecule has 0 saturated carbocycles. The van der Waals surface area contributed by atoms with E-state index in [1.807, 2.05) is 32.0 Å². The van der Waals surface area contributed by atoms with E-state index in [9.17, 15) is 14.9 Å². The maximum absolute atomic E-state index is 12.5. The number of carbonyl (C=O) groups excluding carboxylic acids is 1. The molecule has 1 saturated heterocycles. The van der Waals surface area contributed by atoms with Gasteiger partial charge in [-0.1, -0.05) is 29.8 Å². The van der Waals surface area contributed by atoms with Crippen LogP contribution in [-0.4, -0.2) is 43.6 Å². The van der Waals surface area contributed by atoms with E-state index < -0.39 is 4.92 Å². The van der Waals surface area contributed by atoms with E-state index in [0.717, 1.165) is 48.7 Å². The first-order valence-electron chi connectivity index (χ1n) is 9.23. The standard InChI is InChI=1S/C20H23ClN4O3/c1-14-4-3-5-15(2)20(14)22-19(26)13-23-8-10-24(11-9-23)18-7-6-16(25(27)28)12-17(18)21/h3-7,12H,8-11,13H2,1-2H3,(H,22,26)/p+1. The number of piperazine rings is 1. The molecule has 28 heavy (non-hydrogen) atoms. The first kappa shape index (κ1) is 20.1. The molecule has 3 rings (SSSR count). The van der Waals surface area contributed by atoms with E-state index in [1.54, 1.807) is 6.07 Å². The number of quaternary nitrogens is 1. The maximum Gasteiger partial charge on any atom is 0.279 e. The second-order valence-corrected chi connectivity index (χ2v) is 7.53. The second kappa shape index (κ2) is 8.58. The Kier molecular flexibility index (Phi) is 6.16. The molecular weight excluding hydrogens is 380 g/mol. The van der Waals surface area contributed by atoms with Gasteiger partial charge in [0.05, 0.1) is 41.8 Å². The Morgan fingerprint density at radius 1 is 1.21 bits per heavy atom. The lowest BCUT2D eigenvalue weighted by Crippen LogP contribution is -3.15. The highest BCUT2D eigenvalue weighted by atomic mass is 35.5. The summed E-state index contributed by atoms with van der Waals surface area (Å²) in [6, 6.07) is 10.5. The average molecular weight is 404 g/mol. The van der Waals surface area contributed by atoms with Crippen LogP contribution in [-0.2, 0) is 4.79 Å². The van der Waals surface area contributed by atoms with Gasteiger partial charge < -0.3 is 15.1 Å². The number of para-hydroxylation sites is 1. The van der Waals surface area contributed by atoms with Crippen LogP contribution in [0, 0.1) is 24.0 Å². The lowest BCUT2D eigenvalue weighted by molar-refractivity contribution is -0.892. The van der Waals surface area contributed by atoms with Gasteiger partial charge in [-0.3, -0.25) is 14.9 Å². The number of hydrogen-bond donors (Lipinski definition) is 2. The zero-order chi connectivity index (χ0) is 20.3. The molecule has 0 bridgehead atoms. The number of amides is 1. The molecule has 0 atom stereocenters. The van der Waals surface area contributed by atoms with Gasteiger partial charge in [0.15, 0.2) is 6.54 Å². The van der Waals surface area contributed by atoms with Crippen LogP contribution in [0.4, 0.5) is 17.1 Å². The lowest BCUT2D eigenvalue weighted by atomic mass is 10.1. The number of aryl methyl sites for hydroxylation is 2. The number of hydrogen-bond acceptors (Lipinski definition) is 4. The van der Waals surface area contributed by atoms with Crippen LogP contribution in [0.5, 0.6) is 0 Å². The molecule has 1 heterocycles. The van der Waals surface area contributed by atoms with Crippen molar-refractivity contribution in [3.63, 3.8) is 0 Å². The van der Waals surface area contributed by atoms with Crippen molar-refractivity contribution < 1.29 is 14.6 Å². The number of halogens is 1. The van der Waals surface area contributed by atoms with Crippen molar-refractivity contribution >= 4 is 34.6 Å². The molecule has 0 spiro atoms. The normalized spacial score (nSPS) is 14.8. The third-order valence-corrected chi connectivity index (χ3v) is 5.41. The van der Waals surface area contributed by atoms with Gasteiger partial charge in [0.2, 0.25) is 0 Å². The number of rotatable bonds is 5. The van der Waals surface area contributed by atoms with Crippen molar-refractivity contribution in [3.05, 3.63) is 62.7 Å². The third-order valence-electron chi connectivity index (χ3n) is 5.11. The summed E-state index contributed by atoms with van der Waals surface area (Å²) >= 11 is 6.23. The largest absolute Gasteiger partial charge is 0.359 e. The van der Waals surface area contributed by atoms with Crippen molar-refractivity contribution in [1.82, 2.24) is 0 Å². The van der Waals surface area contributed by atoms with Crippen LogP contribution in [0.1, 0.15) is 11.1 Å². The predicted molar refractivity (Wildman–Crippen MR) is 110 cm³/mol. The molecule has 1 aliphatic rings. The van der Waals surface area contributed by atoms with Crippen LogP contribution in [0.2, 0.25) is 5.02 Å². The van der Waals surface area contributed by atoms with Crippen molar-refractivity contribution in [2.75, 3.05) is 42.9 Å². The number of nitrogens with zero attached hydrogens (tertiary/aromatic N) is 2. The van der Waals surface area contributed by atoms with Crippen LogP contribution < -0.4 is 15.1 Å². The molecule has 0 radical (unpaired) electrons. The summed E-state index contributed by atoms with van der Waals surface area (Å²) in [7, 11) is 0. The minimum absolute atomic E-state index is 0.00854. The minimum atomic E-state index is -0.452. The summed E-state index contributed by atoms with van der Waals surface area (Å²) < 4.78 is 0. The molecule has 8 heteroatoms. The van der Waals surface area contributed by atoms with Crippen molar-refractivity contribution in [3.8, 4) is 0 Å². The van der Waals surface area contributed by atoms with Crippen molar-refractivity contribution in [2.24, 2.45) is 0 Å². The SMILES string of the molecule is Cc1cccc(C)c1NC(=O)C[NH+]1CCN(c2ccc([N+](=O)[O-])cc2Cl)CC1. The number of nitro benzene ring substituents is 1. The van der Waals surface area contributed by atoms with Gasteiger partial charge in [0.1, 0.15) is 0 Å².